The number of rotatable bonds is 7. The molecule has 0 N–H and O–H groups in total. The lowest BCUT2D eigenvalue weighted by Crippen LogP contribution is -2.42. The maximum atomic E-state index is 12.2. The van der Waals surface area contributed by atoms with Gasteiger partial charge in [-0.1, -0.05) is 0 Å². The first-order valence-electron chi connectivity index (χ1n) is 9.28. The van der Waals surface area contributed by atoms with Gasteiger partial charge in [-0.15, -0.1) is 0 Å². The van der Waals surface area contributed by atoms with E-state index >= 15 is 0 Å². The van der Waals surface area contributed by atoms with E-state index in [9.17, 15) is 4.79 Å². The van der Waals surface area contributed by atoms with Crippen molar-refractivity contribution in [3.8, 4) is 5.88 Å². The van der Waals surface area contributed by atoms with Gasteiger partial charge in [0.1, 0.15) is 11.3 Å². The number of piperidine rings is 1. The summed E-state index contributed by atoms with van der Waals surface area (Å²) in [6.07, 6.45) is 7.20. The molecule has 0 aliphatic carbocycles. The molecule has 7 heteroatoms. The number of carbonyl (C=O) groups is 1. The van der Waals surface area contributed by atoms with Crippen molar-refractivity contribution >= 4 is 6.09 Å². The van der Waals surface area contributed by atoms with E-state index in [4.69, 9.17) is 14.2 Å². The Morgan fingerprint density at radius 2 is 2.08 bits per heavy atom. The summed E-state index contributed by atoms with van der Waals surface area (Å²) in [7, 11) is 1.58. The second kappa shape index (κ2) is 9.71. The van der Waals surface area contributed by atoms with Crippen LogP contribution in [0, 0.1) is 5.92 Å². The molecule has 0 unspecified atom stereocenters. The molecule has 1 aliphatic rings. The molecule has 0 radical (unpaired) electrons. The van der Waals surface area contributed by atoms with Crippen LogP contribution in [0.15, 0.2) is 12.4 Å². The number of carbonyl (C=O) groups excluding carboxylic acids is 1. The molecular formula is C19H31N3O4. The summed E-state index contributed by atoms with van der Waals surface area (Å²) in [5, 5.41) is 0. The lowest BCUT2D eigenvalue weighted by Gasteiger charge is -2.34. The van der Waals surface area contributed by atoms with E-state index in [1.165, 1.54) is 0 Å². The van der Waals surface area contributed by atoms with Gasteiger partial charge in [-0.2, -0.15) is 0 Å². The molecule has 1 aromatic rings. The molecule has 0 aromatic carbocycles. The Bertz CT molecular complexity index is 574. The number of methoxy groups -OCH3 is 1. The SMILES string of the molecule is COc1nccnc1COCCC[C@H]1CCCN(C(=O)OC(C)(C)C)C1. The fourth-order valence-electron chi connectivity index (χ4n) is 3.06. The van der Waals surface area contributed by atoms with E-state index in [1.54, 1.807) is 19.5 Å². The van der Waals surface area contributed by atoms with Crippen LogP contribution in [0.2, 0.25) is 0 Å². The Hall–Kier alpha value is -1.89. The van der Waals surface area contributed by atoms with Gasteiger partial charge in [-0.25, -0.2) is 9.78 Å². The Morgan fingerprint density at radius 1 is 1.31 bits per heavy atom. The smallest absolute Gasteiger partial charge is 0.410 e. The molecule has 1 saturated heterocycles. The molecule has 2 heterocycles. The van der Waals surface area contributed by atoms with Crippen LogP contribution in [0.3, 0.4) is 0 Å². The lowest BCUT2D eigenvalue weighted by molar-refractivity contribution is 0.0154. The minimum absolute atomic E-state index is 0.201. The van der Waals surface area contributed by atoms with Crippen LogP contribution in [0.25, 0.3) is 0 Å². The van der Waals surface area contributed by atoms with Crippen molar-refractivity contribution in [2.24, 2.45) is 5.92 Å². The number of hydrogen-bond acceptors (Lipinski definition) is 6. The molecule has 1 aromatic heterocycles. The maximum absolute atomic E-state index is 12.2. The molecule has 0 bridgehead atoms. The highest BCUT2D eigenvalue weighted by Gasteiger charge is 2.27. The molecule has 146 valence electrons. The quantitative estimate of drug-likeness (QED) is 0.689. The minimum Gasteiger partial charge on any atom is -0.480 e. The predicted molar refractivity (Wildman–Crippen MR) is 98.0 cm³/mol. The van der Waals surface area contributed by atoms with Crippen molar-refractivity contribution in [1.29, 1.82) is 0 Å². The molecule has 1 atom stereocenters. The van der Waals surface area contributed by atoms with Crippen LogP contribution in [0.1, 0.15) is 52.1 Å². The summed E-state index contributed by atoms with van der Waals surface area (Å²) in [5.74, 6) is 1.01. The van der Waals surface area contributed by atoms with Gasteiger partial charge in [0.15, 0.2) is 0 Å². The molecule has 1 aliphatic heterocycles. The summed E-state index contributed by atoms with van der Waals surface area (Å²) in [4.78, 5) is 22.4. The fraction of sp³-hybridized carbons (Fsp3) is 0.737. The monoisotopic (exact) mass is 365 g/mol. The van der Waals surface area contributed by atoms with Crippen LogP contribution in [-0.4, -0.2) is 53.4 Å². The molecule has 1 amide bonds. The van der Waals surface area contributed by atoms with Crippen molar-refractivity contribution in [2.75, 3.05) is 26.8 Å². The summed E-state index contributed by atoms with van der Waals surface area (Å²) in [5.41, 5.74) is 0.267. The minimum atomic E-state index is -0.445. The average molecular weight is 365 g/mol. The first-order chi connectivity index (χ1) is 12.4. The second-order valence-corrected chi connectivity index (χ2v) is 7.64. The van der Waals surface area contributed by atoms with Crippen molar-refractivity contribution < 1.29 is 19.0 Å². The maximum Gasteiger partial charge on any atom is 0.410 e. The molecule has 1 fully saturated rings. The van der Waals surface area contributed by atoms with Gasteiger partial charge in [0.05, 0.1) is 13.7 Å². The number of hydrogen-bond donors (Lipinski definition) is 0. The summed E-state index contributed by atoms with van der Waals surface area (Å²) in [6, 6.07) is 0. The van der Waals surface area contributed by atoms with Gasteiger partial charge >= 0.3 is 6.09 Å². The predicted octanol–water partition coefficient (Wildman–Crippen LogP) is 3.43. The zero-order valence-electron chi connectivity index (χ0n) is 16.4. The van der Waals surface area contributed by atoms with Crippen LogP contribution in [0.4, 0.5) is 4.79 Å². The van der Waals surface area contributed by atoms with Crippen LogP contribution < -0.4 is 4.74 Å². The first-order valence-corrected chi connectivity index (χ1v) is 9.28. The van der Waals surface area contributed by atoms with Crippen molar-refractivity contribution in [3.05, 3.63) is 18.1 Å². The normalized spacial score (nSPS) is 17.8. The van der Waals surface area contributed by atoms with Crippen molar-refractivity contribution in [3.63, 3.8) is 0 Å². The van der Waals surface area contributed by atoms with Gasteiger partial charge < -0.3 is 19.1 Å². The topological polar surface area (TPSA) is 73.8 Å². The summed E-state index contributed by atoms with van der Waals surface area (Å²) >= 11 is 0. The van der Waals surface area contributed by atoms with Gasteiger partial charge in [0.25, 0.3) is 0 Å². The van der Waals surface area contributed by atoms with Gasteiger partial charge in [0, 0.05) is 32.1 Å². The molecule has 7 nitrogen and oxygen atoms in total. The van der Waals surface area contributed by atoms with E-state index in [1.807, 2.05) is 25.7 Å². The highest BCUT2D eigenvalue weighted by atomic mass is 16.6. The average Bonchev–Trinajstić information content (AvgIpc) is 2.60. The largest absolute Gasteiger partial charge is 0.480 e. The van der Waals surface area contributed by atoms with Gasteiger partial charge in [-0.3, -0.25) is 4.98 Å². The molecule has 0 spiro atoms. The van der Waals surface area contributed by atoms with Crippen LogP contribution >= 0.6 is 0 Å². The number of likely N-dealkylation sites (tertiary alicyclic amines) is 1. The molecule has 2 rings (SSSR count). The first kappa shape index (κ1) is 20.4. The summed E-state index contributed by atoms with van der Waals surface area (Å²) < 4.78 is 16.3. The Kier molecular flexibility index (Phi) is 7.63. The number of aromatic nitrogens is 2. The zero-order valence-corrected chi connectivity index (χ0v) is 16.4. The third-order valence-electron chi connectivity index (χ3n) is 4.24. The van der Waals surface area contributed by atoms with Crippen molar-refractivity contribution in [2.45, 2.75) is 58.7 Å². The van der Waals surface area contributed by atoms with E-state index in [-0.39, 0.29) is 6.09 Å². The highest BCUT2D eigenvalue weighted by molar-refractivity contribution is 5.68. The standard InChI is InChI=1S/C19H31N3O4/c1-19(2,3)26-18(23)22-11-5-7-15(13-22)8-6-12-25-14-16-17(24-4)21-10-9-20-16/h9-10,15H,5-8,11-14H2,1-4H3/t15-/m1/s1. The third-order valence-corrected chi connectivity index (χ3v) is 4.24. The molecule has 0 saturated carbocycles. The van der Waals surface area contributed by atoms with Gasteiger partial charge in [0.2, 0.25) is 5.88 Å². The van der Waals surface area contributed by atoms with E-state index in [0.29, 0.717) is 30.7 Å². The van der Waals surface area contributed by atoms with E-state index in [0.717, 1.165) is 38.8 Å². The zero-order chi connectivity index (χ0) is 19.0. The van der Waals surface area contributed by atoms with E-state index in [2.05, 4.69) is 9.97 Å². The Labute approximate surface area is 156 Å². The highest BCUT2D eigenvalue weighted by Crippen LogP contribution is 2.23. The van der Waals surface area contributed by atoms with Gasteiger partial charge in [-0.05, 0) is 52.4 Å². The van der Waals surface area contributed by atoms with E-state index < -0.39 is 5.60 Å². The number of nitrogens with zero attached hydrogens (tertiary/aromatic N) is 3. The number of amides is 1. The Morgan fingerprint density at radius 3 is 2.81 bits per heavy atom. The molecular weight excluding hydrogens is 334 g/mol. The fourth-order valence-corrected chi connectivity index (χ4v) is 3.06. The Balaban J connectivity index is 1.67. The third kappa shape index (κ3) is 6.78. The number of ether oxygens (including phenoxy) is 3. The van der Waals surface area contributed by atoms with Crippen LogP contribution in [-0.2, 0) is 16.1 Å². The van der Waals surface area contributed by atoms with Crippen LogP contribution in [0.5, 0.6) is 5.88 Å². The lowest BCUT2D eigenvalue weighted by atomic mass is 9.94. The van der Waals surface area contributed by atoms with Crippen molar-refractivity contribution in [1.82, 2.24) is 14.9 Å². The second-order valence-electron chi connectivity index (χ2n) is 7.64. The summed E-state index contributed by atoms with van der Waals surface area (Å²) in [6.45, 7) is 8.30. The molecule has 26 heavy (non-hydrogen) atoms.